The van der Waals surface area contributed by atoms with Crippen LogP contribution < -0.4 is 9.46 Å². The minimum Gasteiger partial charge on any atom is -0.480 e. The van der Waals surface area contributed by atoms with Gasteiger partial charge in [-0.05, 0) is 47.7 Å². The number of anilines is 1. The second-order valence-corrected chi connectivity index (χ2v) is 12.6. The quantitative estimate of drug-likeness (QED) is 0.281. The molecule has 2 aromatic carbocycles. The van der Waals surface area contributed by atoms with Crippen LogP contribution in [0, 0.1) is 11.7 Å². The zero-order chi connectivity index (χ0) is 28.4. The van der Waals surface area contributed by atoms with E-state index in [1.54, 1.807) is 30.5 Å². The monoisotopic (exact) mass is 551 g/mol. The topological polar surface area (TPSA) is 99.0 Å². The summed E-state index contributed by atoms with van der Waals surface area (Å²) >= 11 is 0. The molecule has 206 valence electrons. The summed E-state index contributed by atoms with van der Waals surface area (Å²) in [5.74, 6) is 1.10. The molecule has 2 aromatic heterocycles. The third-order valence-electron chi connectivity index (χ3n) is 6.16. The number of nitrogens with one attached hydrogen (secondary N) is 1. The molecule has 4 aromatic rings. The SMILES string of the molecule is COc1ccc(NS(=O)(=O)c2ccc(CC(C)C)cc2-c2ccc(Cn3ccnc3C(C)(C)C)c(F)c2)nn1. The lowest BCUT2D eigenvalue weighted by atomic mass is 9.95. The molecular formula is C29H34FN5O3S. The molecule has 8 nitrogen and oxygen atoms in total. The van der Waals surface area contributed by atoms with Crippen LogP contribution in [-0.4, -0.2) is 35.3 Å². The first-order chi connectivity index (χ1) is 18.4. The Morgan fingerprint density at radius 1 is 1.05 bits per heavy atom. The maximum Gasteiger partial charge on any atom is 0.263 e. The van der Waals surface area contributed by atoms with E-state index >= 15 is 4.39 Å². The standard InChI is InChI=1S/C29H34FN5O3S/c1-19(2)15-20-7-10-25(39(36,37)34-26-11-12-27(38-6)33-32-26)23(16-20)21-8-9-22(24(30)17-21)18-35-14-13-31-28(35)29(3,4)5/h7-14,16-17,19H,15,18H2,1-6H3,(H,32,34). The molecule has 0 unspecified atom stereocenters. The second-order valence-electron chi connectivity index (χ2n) is 10.9. The van der Waals surface area contributed by atoms with Gasteiger partial charge in [0.2, 0.25) is 5.88 Å². The van der Waals surface area contributed by atoms with Crippen LogP contribution in [-0.2, 0) is 28.4 Å². The van der Waals surface area contributed by atoms with Crippen molar-refractivity contribution in [2.24, 2.45) is 5.92 Å². The Balaban J connectivity index is 1.73. The third kappa shape index (κ3) is 6.62. The molecule has 4 rings (SSSR count). The first-order valence-corrected chi connectivity index (χ1v) is 14.2. The predicted molar refractivity (Wildman–Crippen MR) is 150 cm³/mol. The average molecular weight is 552 g/mol. The number of imidazole rings is 1. The highest BCUT2D eigenvalue weighted by molar-refractivity contribution is 7.92. The zero-order valence-electron chi connectivity index (χ0n) is 23.1. The van der Waals surface area contributed by atoms with Gasteiger partial charge in [-0.3, -0.25) is 4.72 Å². The van der Waals surface area contributed by atoms with Gasteiger partial charge in [0.15, 0.2) is 5.82 Å². The van der Waals surface area contributed by atoms with Crippen LogP contribution in [0.3, 0.4) is 0 Å². The zero-order valence-corrected chi connectivity index (χ0v) is 23.9. The molecule has 2 heterocycles. The molecule has 0 amide bonds. The van der Waals surface area contributed by atoms with E-state index in [1.165, 1.54) is 25.3 Å². The normalized spacial score (nSPS) is 12.1. The molecule has 0 aliphatic rings. The highest BCUT2D eigenvalue weighted by atomic mass is 32.2. The molecule has 1 N–H and O–H groups in total. The maximum absolute atomic E-state index is 15.5. The fraction of sp³-hybridized carbons (Fsp3) is 0.345. The highest BCUT2D eigenvalue weighted by Gasteiger charge is 2.23. The van der Waals surface area contributed by atoms with Gasteiger partial charge in [0.25, 0.3) is 10.0 Å². The molecule has 0 saturated heterocycles. The van der Waals surface area contributed by atoms with Crippen LogP contribution in [0.25, 0.3) is 11.1 Å². The van der Waals surface area contributed by atoms with E-state index in [2.05, 4.69) is 54.5 Å². The molecular weight excluding hydrogens is 517 g/mol. The first kappa shape index (κ1) is 28.2. The van der Waals surface area contributed by atoms with Crippen LogP contribution in [0.5, 0.6) is 5.88 Å². The summed E-state index contributed by atoms with van der Waals surface area (Å²) in [5.41, 5.74) is 2.12. The van der Waals surface area contributed by atoms with Gasteiger partial charge in [0, 0.05) is 35.0 Å². The molecule has 0 fully saturated rings. The number of hydrogen-bond acceptors (Lipinski definition) is 6. The summed E-state index contributed by atoms with van der Waals surface area (Å²) < 4.78 is 51.8. The lowest BCUT2D eigenvalue weighted by Crippen LogP contribution is -2.19. The van der Waals surface area contributed by atoms with Crippen LogP contribution in [0.4, 0.5) is 10.2 Å². The Hall–Kier alpha value is -3.79. The van der Waals surface area contributed by atoms with E-state index in [4.69, 9.17) is 4.74 Å². The predicted octanol–water partition coefficient (Wildman–Crippen LogP) is 5.83. The molecule has 0 spiro atoms. The van der Waals surface area contributed by atoms with Crippen molar-refractivity contribution in [3.05, 3.63) is 83.7 Å². The smallest absolute Gasteiger partial charge is 0.263 e. The molecule has 0 aliphatic heterocycles. The summed E-state index contributed by atoms with van der Waals surface area (Å²) in [6.07, 6.45) is 4.30. The third-order valence-corrected chi connectivity index (χ3v) is 7.57. The summed E-state index contributed by atoms with van der Waals surface area (Å²) in [4.78, 5) is 4.46. The summed E-state index contributed by atoms with van der Waals surface area (Å²) in [7, 11) is -2.62. The van der Waals surface area contributed by atoms with Gasteiger partial charge in [-0.25, -0.2) is 17.8 Å². The van der Waals surface area contributed by atoms with Crippen molar-refractivity contribution in [3.8, 4) is 17.0 Å². The van der Waals surface area contributed by atoms with E-state index in [0.717, 1.165) is 17.8 Å². The van der Waals surface area contributed by atoms with E-state index in [-0.39, 0.29) is 22.0 Å². The Labute approximate surface area is 229 Å². The Kier molecular flexibility index (Phi) is 8.06. The largest absolute Gasteiger partial charge is 0.480 e. The van der Waals surface area contributed by atoms with E-state index in [0.29, 0.717) is 29.2 Å². The number of aromatic nitrogens is 4. The molecule has 0 saturated carbocycles. The fourth-order valence-corrected chi connectivity index (χ4v) is 5.63. The first-order valence-electron chi connectivity index (χ1n) is 12.7. The van der Waals surface area contributed by atoms with Crippen LogP contribution in [0.2, 0.25) is 0 Å². The van der Waals surface area contributed by atoms with Gasteiger partial charge in [-0.15, -0.1) is 10.2 Å². The van der Waals surface area contributed by atoms with E-state index in [9.17, 15) is 8.42 Å². The summed E-state index contributed by atoms with van der Waals surface area (Å²) in [5, 5.41) is 7.69. The molecule has 10 heteroatoms. The lowest BCUT2D eigenvalue weighted by molar-refractivity contribution is 0.392. The number of benzene rings is 2. The molecule has 0 aliphatic carbocycles. The number of hydrogen-bond donors (Lipinski definition) is 1. The molecule has 0 atom stereocenters. The Morgan fingerprint density at radius 2 is 1.82 bits per heavy atom. The van der Waals surface area contributed by atoms with Gasteiger partial charge in [0.1, 0.15) is 11.6 Å². The van der Waals surface area contributed by atoms with Gasteiger partial charge >= 0.3 is 0 Å². The Bertz CT molecular complexity index is 1560. The van der Waals surface area contributed by atoms with Crippen molar-refractivity contribution in [2.45, 2.75) is 57.9 Å². The Morgan fingerprint density at radius 3 is 2.44 bits per heavy atom. The van der Waals surface area contributed by atoms with Crippen molar-refractivity contribution in [1.82, 2.24) is 19.7 Å². The van der Waals surface area contributed by atoms with Crippen molar-refractivity contribution >= 4 is 15.8 Å². The molecule has 0 radical (unpaired) electrons. The summed E-state index contributed by atoms with van der Waals surface area (Å²) in [6.45, 7) is 10.7. The number of rotatable bonds is 9. The van der Waals surface area contributed by atoms with Gasteiger partial charge in [-0.2, -0.15) is 0 Å². The van der Waals surface area contributed by atoms with Crippen LogP contribution in [0.1, 0.15) is 51.6 Å². The van der Waals surface area contributed by atoms with Crippen LogP contribution >= 0.6 is 0 Å². The van der Waals surface area contributed by atoms with E-state index in [1.807, 2.05) is 16.8 Å². The van der Waals surface area contributed by atoms with Gasteiger partial charge in [0.05, 0.1) is 18.6 Å². The number of ether oxygens (including phenoxy) is 1. The minimum absolute atomic E-state index is 0.0180. The van der Waals surface area contributed by atoms with Crippen molar-refractivity contribution in [2.75, 3.05) is 11.8 Å². The second kappa shape index (κ2) is 11.1. The summed E-state index contributed by atoms with van der Waals surface area (Å²) in [6, 6.07) is 13.0. The number of sulfonamides is 1. The molecule has 39 heavy (non-hydrogen) atoms. The van der Waals surface area contributed by atoms with E-state index < -0.39 is 15.8 Å². The number of methoxy groups -OCH3 is 1. The van der Waals surface area contributed by atoms with Crippen molar-refractivity contribution < 1.29 is 17.5 Å². The maximum atomic E-state index is 15.5. The number of halogens is 1. The van der Waals surface area contributed by atoms with Crippen molar-refractivity contribution in [3.63, 3.8) is 0 Å². The van der Waals surface area contributed by atoms with Gasteiger partial charge < -0.3 is 9.30 Å². The van der Waals surface area contributed by atoms with Crippen molar-refractivity contribution in [1.29, 1.82) is 0 Å². The molecule has 0 bridgehead atoms. The fourth-order valence-electron chi connectivity index (χ4n) is 4.42. The highest BCUT2D eigenvalue weighted by Crippen LogP contribution is 2.32. The van der Waals surface area contributed by atoms with Gasteiger partial charge in [-0.1, -0.05) is 52.8 Å². The average Bonchev–Trinajstić information content (AvgIpc) is 3.34. The number of nitrogens with zero attached hydrogens (tertiary/aromatic N) is 4. The van der Waals surface area contributed by atoms with Crippen LogP contribution in [0.15, 0.2) is 65.8 Å². The minimum atomic E-state index is -4.07. The lowest BCUT2D eigenvalue weighted by Gasteiger charge is -2.20.